The van der Waals surface area contributed by atoms with Gasteiger partial charge in [0.15, 0.2) is 0 Å². The van der Waals surface area contributed by atoms with E-state index in [-0.39, 0.29) is 0 Å². The van der Waals surface area contributed by atoms with Gasteiger partial charge >= 0.3 is 0 Å². The van der Waals surface area contributed by atoms with Gasteiger partial charge in [0.2, 0.25) is 0 Å². The summed E-state index contributed by atoms with van der Waals surface area (Å²) in [4.78, 5) is 6.98. The van der Waals surface area contributed by atoms with Gasteiger partial charge in [-0.25, -0.2) is 4.98 Å². The van der Waals surface area contributed by atoms with Crippen molar-refractivity contribution in [3.05, 3.63) is 23.9 Å². The van der Waals surface area contributed by atoms with E-state index in [1.54, 1.807) is 0 Å². The van der Waals surface area contributed by atoms with Crippen molar-refractivity contribution in [1.82, 2.24) is 10.3 Å². The topological polar surface area (TPSA) is 28.2 Å². The highest BCUT2D eigenvalue weighted by atomic mass is 15.2. The van der Waals surface area contributed by atoms with Crippen molar-refractivity contribution < 1.29 is 0 Å². The van der Waals surface area contributed by atoms with Crippen molar-refractivity contribution in [3.63, 3.8) is 0 Å². The molecule has 1 saturated heterocycles. The highest BCUT2D eigenvalue weighted by molar-refractivity contribution is 5.41. The molecule has 1 fully saturated rings. The number of anilines is 1. The fraction of sp³-hybridized carbons (Fsp3) is 0.667. The lowest BCUT2D eigenvalue weighted by molar-refractivity contribution is 0.355. The number of nitrogens with one attached hydrogen (secondary N) is 1. The zero-order valence-corrected chi connectivity index (χ0v) is 11.8. The van der Waals surface area contributed by atoms with Crippen LogP contribution in [-0.2, 0) is 6.54 Å². The Morgan fingerprint density at radius 2 is 2.06 bits per heavy atom. The van der Waals surface area contributed by atoms with Crippen molar-refractivity contribution in [2.24, 2.45) is 11.8 Å². The zero-order valence-electron chi connectivity index (χ0n) is 11.8. The van der Waals surface area contributed by atoms with Crippen LogP contribution in [0.5, 0.6) is 0 Å². The smallest absolute Gasteiger partial charge is 0.128 e. The number of aromatic nitrogens is 1. The second-order valence-electron chi connectivity index (χ2n) is 5.65. The van der Waals surface area contributed by atoms with E-state index in [0.717, 1.165) is 43.8 Å². The van der Waals surface area contributed by atoms with Gasteiger partial charge in [-0.05, 0) is 42.5 Å². The monoisotopic (exact) mass is 247 g/mol. The number of hydrogen-bond donors (Lipinski definition) is 1. The molecule has 0 spiro atoms. The molecular weight excluding hydrogens is 222 g/mol. The molecule has 0 radical (unpaired) electrons. The summed E-state index contributed by atoms with van der Waals surface area (Å²) in [5.74, 6) is 2.68. The molecule has 3 nitrogen and oxygen atoms in total. The fourth-order valence-corrected chi connectivity index (χ4v) is 2.86. The molecule has 0 aliphatic carbocycles. The molecule has 1 N–H and O–H groups in total. The van der Waals surface area contributed by atoms with Crippen molar-refractivity contribution in [3.8, 4) is 0 Å². The standard InChI is InChI=1S/C15H25N3/c1-4-16-9-14-5-6-17-15(8-14)18-10-12(2)7-13(3)11-18/h5-6,8,12-13,16H,4,7,9-11H2,1-3H3. The van der Waals surface area contributed by atoms with Crippen LogP contribution in [0.3, 0.4) is 0 Å². The fourth-order valence-electron chi connectivity index (χ4n) is 2.86. The Morgan fingerprint density at radius 3 is 2.72 bits per heavy atom. The van der Waals surface area contributed by atoms with Crippen LogP contribution in [0.1, 0.15) is 32.8 Å². The molecule has 2 unspecified atom stereocenters. The first-order valence-corrected chi connectivity index (χ1v) is 7.09. The molecule has 1 aliphatic heterocycles. The summed E-state index contributed by atoms with van der Waals surface area (Å²) in [6.45, 7) is 11.0. The van der Waals surface area contributed by atoms with Gasteiger partial charge < -0.3 is 10.2 Å². The van der Waals surface area contributed by atoms with Gasteiger partial charge in [-0.1, -0.05) is 20.8 Å². The maximum absolute atomic E-state index is 4.54. The van der Waals surface area contributed by atoms with Gasteiger partial charge in [-0.15, -0.1) is 0 Å². The van der Waals surface area contributed by atoms with Crippen molar-refractivity contribution in [2.45, 2.75) is 33.7 Å². The Morgan fingerprint density at radius 1 is 1.33 bits per heavy atom. The van der Waals surface area contributed by atoms with Gasteiger partial charge in [0, 0.05) is 25.8 Å². The zero-order chi connectivity index (χ0) is 13.0. The first kappa shape index (κ1) is 13.3. The van der Waals surface area contributed by atoms with Gasteiger partial charge in [0.25, 0.3) is 0 Å². The lowest BCUT2D eigenvalue weighted by atomic mass is 9.92. The Labute approximate surface area is 111 Å². The molecule has 0 bridgehead atoms. The number of piperidine rings is 1. The predicted molar refractivity (Wildman–Crippen MR) is 76.8 cm³/mol. The van der Waals surface area contributed by atoms with Crippen LogP contribution in [0, 0.1) is 11.8 Å². The predicted octanol–water partition coefficient (Wildman–Crippen LogP) is 2.67. The summed E-state index contributed by atoms with van der Waals surface area (Å²) in [7, 11) is 0. The highest BCUT2D eigenvalue weighted by Crippen LogP contribution is 2.25. The molecule has 0 amide bonds. The minimum atomic E-state index is 0.771. The number of hydrogen-bond acceptors (Lipinski definition) is 3. The van der Waals surface area contributed by atoms with Crippen molar-refractivity contribution in [2.75, 3.05) is 24.5 Å². The van der Waals surface area contributed by atoms with E-state index in [2.05, 4.69) is 48.1 Å². The lowest BCUT2D eigenvalue weighted by Gasteiger charge is -2.35. The van der Waals surface area contributed by atoms with E-state index < -0.39 is 0 Å². The summed E-state index contributed by atoms with van der Waals surface area (Å²) in [5, 5.41) is 3.37. The Balaban J connectivity index is 2.07. The van der Waals surface area contributed by atoms with Crippen LogP contribution in [0.4, 0.5) is 5.82 Å². The third kappa shape index (κ3) is 3.45. The summed E-state index contributed by atoms with van der Waals surface area (Å²) in [6, 6.07) is 4.33. The maximum Gasteiger partial charge on any atom is 0.128 e. The molecule has 2 atom stereocenters. The SMILES string of the molecule is CCNCc1ccnc(N2CC(C)CC(C)C2)c1. The Bertz CT molecular complexity index is 368. The van der Waals surface area contributed by atoms with Crippen LogP contribution in [0.25, 0.3) is 0 Å². The molecular formula is C15H25N3. The average Bonchev–Trinajstić information content (AvgIpc) is 2.35. The molecule has 1 aromatic heterocycles. The summed E-state index contributed by atoms with van der Waals surface area (Å²) < 4.78 is 0. The van der Waals surface area contributed by atoms with Crippen LogP contribution in [-0.4, -0.2) is 24.6 Å². The van der Waals surface area contributed by atoms with Crippen molar-refractivity contribution in [1.29, 1.82) is 0 Å². The Hall–Kier alpha value is -1.09. The first-order chi connectivity index (χ1) is 8.69. The number of rotatable bonds is 4. The van der Waals surface area contributed by atoms with Gasteiger partial charge in [0.05, 0.1) is 0 Å². The van der Waals surface area contributed by atoms with Gasteiger partial charge in [-0.2, -0.15) is 0 Å². The van der Waals surface area contributed by atoms with E-state index in [1.807, 2.05) is 6.20 Å². The average molecular weight is 247 g/mol. The minimum absolute atomic E-state index is 0.771. The largest absolute Gasteiger partial charge is 0.356 e. The van der Waals surface area contributed by atoms with E-state index in [0.29, 0.717) is 0 Å². The summed E-state index contributed by atoms with van der Waals surface area (Å²) >= 11 is 0. The van der Waals surface area contributed by atoms with E-state index >= 15 is 0 Å². The molecule has 2 heterocycles. The van der Waals surface area contributed by atoms with Crippen LogP contribution < -0.4 is 10.2 Å². The normalized spacial score (nSPS) is 24.3. The molecule has 0 saturated carbocycles. The van der Waals surface area contributed by atoms with Gasteiger partial charge in [-0.3, -0.25) is 0 Å². The number of pyridine rings is 1. The Kier molecular flexibility index (Phi) is 4.59. The highest BCUT2D eigenvalue weighted by Gasteiger charge is 2.22. The molecule has 2 rings (SSSR count). The third-order valence-corrected chi connectivity index (χ3v) is 3.58. The molecule has 3 heteroatoms. The first-order valence-electron chi connectivity index (χ1n) is 7.09. The maximum atomic E-state index is 4.54. The van der Waals surface area contributed by atoms with Crippen LogP contribution in [0.2, 0.25) is 0 Å². The van der Waals surface area contributed by atoms with Gasteiger partial charge in [0.1, 0.15) is 5.82 Å². The molecule has 18 heavy (non-hydrogen) atoms. The van der Waals surface area contributed by atoms with E-state index in [4.69, 9.17) is 0 Å². The second kappa shape index (κ2) is 6.19. The molecule has 0 aromatic carbocycles. The third-order valence-electron chi connectivity index (χ3n) is 3.58. The minimum Gasteiger partial charge on any atom is -0.356 e. The molecule has 100 valence electrons. The number of nitrogens with zero attached hydrogens (tertiary/aromatic N) is 2. The lowest BCUT2D eigenvalue weighted by Crippen LogP contribution is -2.39. The molecule has 1 aromatic rings. The van der Waals surface area contributed by atoms with E-state index in [1.165, 1.54) is 12.0 Å². The summed E-state index contributed by atoms with van der Waals surface area (Å²) in [5.41, 5.74) is 1.33. The van der Waals surface area contributed by atoms with Crippen LogP contribution >= 0.6 is 0 Å². The van der Waals surface area contributed by atoms with Crippen LogP contribution in [0.15, 0.2) is 18.3 Å². The summed E-state index contributed by atoms with van der Waals surface area (Å²) in [6.07, 6.45) is 3.28. The quantitative estimate of drug-likeness (QED) is 0.886. The second-order valence-corrected chi connectivity index (χ2v) is 5.65. The molecule has 1 aliphatic rings. The van der Waals surface area contributed by atoms with Crippen molar-refractivity contribution >= 4 is 5.82 Å². The van der Waals surface area contributed by atoms with E-state index in [9.17, 15) is 0 Å².